The van der Waals surface area contributed by atoms with Gasteiger partial charge >= 0.3 is 0 Å². The molecule has 2 heterocycles. The first kappa shape index (κ1) is 27.5. The number of thioether (sulfide) groups is 1. The van der Waals surface area contributed by atoms with Gasteiger partial charge in [0.05, 0.1) is 17.5 Å². The number of aromatic nitrogens is 4. The van der Waals surface area contributed by atoms with E-state index in [0.717, 1.165) is 16.8 Å². The van der Waals surface area contributed by atoms with Crippen molar-refractivity contribution >= 4 is 40.0 Å². The van der Waals surface area contributed by atoms with E-state index < -0.39 is 0 Å². The van der Waals surface area contributed by atoms with Gasteiger partial charge in [-0.05, 0) is 38.8 Å². The van der Waals surface area contributed by atoms with Crippen molar-refractivity contribution in [2.45, 2.75) is 52.4 Å². The van der Waals surface area contributed by atoms with Gasteiger partial charge in [0.25, 0.3) is 5.91 Å². The molecule has 0 aliphatic heterocycles. The highest BCUT2D eigenvalue weighted by Gasteiger charge is 2.26. The van der Waals surface area contributed by atoms with Crippen molar-refractivity contribution in [2.75, 3.05) is 11.1 Å². The Kier molecular flexibility index (Phi) is 8.96. The average molecular weight is 549 g/mol. The van der Waals surface area contributed by atoms with Crippen LogP contribution in [0.5, 0.6) is 0 Å². The quantitative estimate of drug-likeness (QED) is 0.239. The minimum absolute atomic E-state index is 0.0904. The van der Waals surface area contributed by atoms with Gasteiger partial charge in [-0.3, -0.25) is 9.59 Å². The van der Waals surface area contributed by atoms with E-state index in [2.05, 4.69) is 25.8 Å². The third-order valence-electron chi connectivity index (χ3n) is 6.04. The van der Waals surface area contributed by atoms with E-state index in [-0.39, 0.29) is 29.5 Å². The lowest BCUT2D eigenvalue weighted by Crippen LogP contribution is -2.33. The molecule has 2 N–H and O–H groups in total. The van der Waals surface area contributed by atoms with Crippen molar-refractivity contribution in [2.24, 2.45) is 5.92 Å². The molecule has 0 bridgehead atoms. The number of carbonyl (C=O) groups is 2. The molecule has 0 unspecified atom stereocenters. The number of carbonyl (C=O) groups excluding carboxylic acids is 2. The summed E-state index contributed by atoms with van der Waals surface area (Å²) in [5, 5.41) is 17.9. The van der Waals surface area contributed by atoms with Crippen molar-refractivity contribution < 1.29 is 9.59 Å². The highest BCUT2D eigenvalue weighted by molar-refractivity contribution is 7.99. The van der Waals surface area contributed by atoms with Crippen LogP contribution in [0.1, 0.15) is 54.1 Å². The number of hydrogen-bond donors (Lipinski definition) is 2. The number of amides is 2. The Balaban J connectivity index is 1.40. The molecule has 2 amide bonds. The molecule has 0 saturated carbocycles. The average Bonchev–Trinajstić information content (AvgIpc) is 3.53. The molecule has 2 aromatic heterocycles. The van der Waals surface area contributed by atoms with Gasteiger partial charge in [0.15, 0.2) is 16.1 Å². The molecule has 4 aromatic rings. The number of nitrogens with one attached hydrogen (secondary N) is 2. The second-order valence-corrected chi connectivity index (χ2v) is 11.2. The van der Waals surface area contributed by atoms with Crippen LogP contribution in [-0.4, -0.2) is 37.3 Å². The second-order valence-electron chi connectivity index (χ2n) is 9.39. The highest BCUT2D eigenvalue weighted by Crippen LogP contribution is 2.27. The molecule has 0 aliphatic rings. The van der Waals surface area contributed by atoms with E-state index in [4.69, 9.17) is 0 Å². The number of rotatable bonds is 10. The van der Waals surface area contributed by atoms with Crippen LogP contribution < -0.4 is 10.6 Å². The summed E-state index contributed by atoms with van der Waals surface area (Å²) < 4.78 is 1.96. The molecule has 2 aromatic carbocycles. The SMILES string of the molecule is CCn1c(SCC(=O)Nc2nc(-c3ccc(C)cc3)cs2)nnc1[C@H](NC(=O)c1ccc(C)cc1)C(C)C. The maximum Gasteiger partial charge on any atom is 0.251 e. The number of anilines is 1. The van der Waals surface area contributed by atoms with E-state index in [1.54, 1.807) is 0 Å². The summed E-state index contributed by atoms with van der Waals surface area (Å²) in [6.07, 6.45) is 0. The molecule has 0 radical (unpaired) electrons. The summed E-state index contributed by atoms with van der Waals surface area (Å²) >= 11 is 2.71. The Bertz CT molecular complexity index is 1390. The molecule has 0 fully saturated rings. The molecule has 198 valence electrons. The zero-order valence-electron chi connectivity index (χ0n) is 22.2. The molecule has 10 heteroatoms. The molecular formula is C28H32N6O2S2. The fourth-order valence-electron chi connectivity index (χ4n) is 3.87. The summed E-state index contributed by atoms with van der Waals surface area (Å²) in [5.41, 5.74) is 4.73. The van der Waals surface area contributed by atoms with E-state index in [9.17, 15) is 9.59 Å². The van der Waals surface area contributed by atoms with Gasteiger partial charge in [-0.15, -0.1) is 21.5 Å². The molecular weight excluding hydrogens is 516 g/mol. The zero-order chi connectivity index (χ0) is 27.2. The smallest absolute Gasteiger partial charge is 0.251 e. The van der Waals surface area contributed by atoms with Crippen LogP contribution in [0.4, 0.5) is 5.13 Å². The van der Waals surface area contributed by atoms with E-state index in [1.165, 1.54) is 28.7 Å². The van der Waals surface area contributed by atoms with Crippen molar-refractivity contribution in [3.63, 3.8) is 0 Å². The largest absolute Gasteiger partial charge is 0.342 e. The third kappa shape index (κ3) is 6.68. The molecule has 0 spiro atoms. The van der Waals surface area contributed by atoms with Crippen LogP contribution in [0.25, 0.3) is 11.3 Å². The van der Waals surface area contributed by atoms with E-state index in [1.807, 2.05) is 93.1 Å². The van der Waals surface area contributed by atoms with E-state index in [0.29, 0.717) is 28.2 Å². The first-order valence-corrected chi connectivity index (χ1v) is 14.4. The zero-order valence-corrected chi connectivity index (χ0v) is 23.8. The lowest BCUT2D eigenvalue weighted by Gasteiger charge is -2.22. The standard InChI is InChI=1S/C28H32N6O2S2/c1-6-34-25(24(17(2)3)31-26(36)21-13-9-19(5)10-14-21)32-33-28(34)38-16-23(35)30-27-29-22(15-37-27)20-11-7-18(4)8-12-20/h7-15,17,24H,6,16H2,1-5H3,(H,31,36)(H,29,30,35)/t24-/m1/s1. The predicted molar refractivity (Wildman–Crippen MR) is 154 cm³/mol. The van der Waals surface area contributed by atoms with Crippen LogP contribution in [0.15, 0.2) is 59.1 Å². The lowest BCUT2D eigenvalue weighted by atomic mass is 10.0. The van der Waals surface area contributed by atoms with Gasteiger partial charge in [0, 0.05) is 23.1 Å². The summed E-state index contributed by atoms with van der Waals surface area (Å²) in [6, 6.07) is 15.3. The monoisotopic (exact) mass is 548 g/mol. The van der Waals surface area contributed by atoms with Crippen molar-refractivity contribution in [1.82, 2.24) is 25.1 Å². The first-order valence-electron chi connectivity index (χ1n) is 12.5. The minimum Gasteiger partial charge on any atom is -0.342 e. The predicted octanol–water partition coefficient (Wildman–Crippen LogP) is 5.90. The fourth-order valence-corrected chi connectivity index (χ4v) is 5.41. The van der Waals surface area contributed by atoms with Crippen molar-refractivity contribution in [1.29, 1.82) is 0 Å². The first-order chi connectivity index (χ1) is 18.2. The molecule has 4 rings (SSSR count). The normalized spacial score (nSPS) is 11.9. The van der Waals surface area contributed by atoms with Crippen LogP contribution in [-0.2, 0) is 11.3 Å². The minimum atomic E-state index is -0.324. The van der Waals surface area contributed by atoms with Gasteiger partial charge in [-0.1, -0.05) is 73.1 Å². The van der Waals surface area contributed by atoms with Crippen LogP contribution in [0.2, 0.25) is 0 Å². The van der Waals surface area contributed by atoms with Crippen LogP contribution in [0, 0.1) is 19.8 Å². The molecule has 1 atom stereocenters. The molecule has 38 heavy (non-hydrogen) atoms. The Morgan fingerprint density at radius 2 is 1.66 bits per heavy atom. The summed E-state index contributed by atoms with van der Waals surface area (Å²) in [7, 11) is 0. The molecule has 8 nitrogen and oxygen atoms in total. The summed E-state index contributed by atoms with van der Waals surface area (Å²) in [6.45, 7) is 10.7. The molecule has 0 saturated heterocycles. The summed E-state index contributed by atoms with van der Waals surface area (Å²) in [5.74, 6) is 0.609. The fraction of sp³-hybridized carbons (Fsp3) is 0.321. The van der Waals surface area contributed by atoms with Crippen LogP contribution in [0.3, 0.4) is 0 Å². The Morgan fingerprint density at radius 1 is 1.00 bits per heavy atom. The Labute approximate surface area is 231 Å². The topological polar surface area (TPSA) is 102 Å². The number of benzene rings is 2. The van der Waals surface area contributed by atoms with Crippen molar-refractivity contribution in [3.05, 3.63) is 76.4 Å². The maximum absolute atomic E-state index is 12.9. The maximum atomic E-state index is 12.9. The number of hydrogen-bond acceptors (Lipinski definition) is 7. The second kappa shape index (κ2) is 12.4. The van der Waals surface area contributed by atoms with Gasteiger partial charge in [0.1, 0.15) is 0 Å². The lowest BCUT2D eigenvalue weighted by molar-refractivity contribution is -0.113. The summed E-state index contributed by atoms with van der Waals surface area (Å²) in [4.78, 5) is 30.1. The Hall–Kier alpha value is -3.50. The highest BCUT2D eigenvalue weighted by atomic mass is 32.2. The third-order valence-corrected chi connectivity index (χ3v) is 7.76. The van der Waals surface area contributed by atoms with Gasteiger partial charge in [-0.2, -0.15) is 0 Å². The Morgan fingerprint density at radius 3 is 2.29 bits per heavy atom. The van der Waals surface area contributed by atoms with Gasteiger partial charge < -0.3 is 15.2 Å². The number of aryl methyl sites for hydroxylation is 2. The van der Waals surface area contributed by atoms with Gasteiger partial charge in [-0.25, -0.2) is 4.98 Å². The number of thiazole rings is 1. The number of nitrogens with zero attached hydrogens (tertiary/aromatic N) is 4. The van der Waals surface area contributed by atoms with Gasteiger partial charge in [0.2, 0.25) is 5.91 Å². The van der Waals surface area contributed by atoms with Crippen molar-refractivity contribution in [3.8, 4) is 11.3 Å². The van der Waals surface area contributed by atoms with Crippen LogP contribution >= 0.6 is 23.1 Å². The molecule has 0 aliphatic carbocycles. The van der Waals surface area contributed by atoms with E-state index >= 15 is 0 Å².